The van der Waals surface area contributed by atoms with Crippen LogP contribution in [0.25, 0.3) is 0 Å². The standard InChI is InChI=1S/C21H26N2S/c1-3-17-9-11-19(12-10-17)22-20(24)23-21(13-4-5-14-21)18-8-6-7-16(2)15-18/h6-12,15H,3-5,13-14H2,1-2H3,(H2,22,23,24). The second-order valence-electron chi connectivity index (χ2n) is 6.79. The Morgan fingerprint density at radius 3 is 2.42 bits per heavy atom. The van der Waals surface area contributed by atoms with Gasteiger partial charge < -0.3 is 10.6 Å². The van der Waals surface area contributed by atoms with Crippen LogP contribution in [0.3, 0.4) is 0 Å². The molecule has 0 heterocycles. The Morgan fingerprint density at radius 1 is 1.08 bits per heavy atom. The summed E-state index contributed by atoms with van der Waals surface area (Å²) in [5, 5.41) is 7.69. The molecule has 2 aromatic rings. The highest BCUT2D eigenvalue weighted by Gasteiger charge is 2.36. The average Bonchev–Trinajstić information content (AvgIpc) is 3.05. The molecule has 1 aliphatic carbocycles. The predicted molar refractivity (Wildman–Crippen MR) is 107 cm³/mol. The largest absolute Gasteiger partial charge is 0.353 e. The summed E-state index contributed by atoms with van der Waals surface area (Å²) in [4.78, 5) is 0. The first-order valence-corrected chi connectivity index (χ1v) is 9.27. The van der Waals surface area contributed by atoms with Crippen LogP contribution in [0.5, 0.6) is 0 Å². The van der Waals surface area contributed by atoms with E-state index in [0.717, 1.165) is 24.9 Å². The maximum atomic E-state index is 5.62. The van der Waals surface area contributed by atoms with Crippen LogP contribution in [0.1, 0.15) is 49.3 Å². The third-order valence-corrected chi connectivity index (χ3v) is 5.20. The smallest absolute Gasteiger partial charge is 0.171 e. The van der Waals surface area contributed by atoms with E-state index in [4.69, 9.17) is 12.2 Å². The zero-order chi connectivity index (χ0) is 17.0. The Bertz CT molecular complexity index is 700. The maximum absolute atomic E-state index is 5.62. The quantitative estimate of drug-likeness (QED) is 0.738. The zero-order valence-electron chi connectivity index (χ0n) is 14.6. The fourth-order valence-corrected chi connectivity index (χ4v) is 3.92. The molecule has 1 saturated carbocycles. The number of aryl methyl sites for hydroxylation is 2. The lowest BCUT2D eigenvalue weighted by molar-refractivity contribution is 0.408. The average molecular weight is 339 g/mol. The molecule has 2 nitrogen and oxygen atoms in total. The molecule has 0 aromatic heterocycles. The van der Waals surface area contributed by atoms with E-state index in [-0.39, 0.29) is 5.54 Å². The Balaban J connectivity index is 1.74. The van der Waals surface area contributed by atoms with Gasteiger partial charge in [-0.25, -0.2) is 0 Å². The molecule has 2 aromatic carbocycles. The lowest BCUT2D eigenvalue weighted by Crippen LogP contribution is -2.45. The second-order valence-corrected chi connectivity index (χ2v) is 7.20. The van der Waals surface area contributed by atoms with E-state index in [1.54, 1.807) is 0 Å². The number of benzene rings is 2. The molecule has 3 rings (SSSR count). The summed E-state index contributed by atoms with van der Waals surface area (Å²) in [6, 6.07) is 17.3. The molecule has 0 saturated heterocycles. The van der Waals surface area contributed by atoms with E-state index in [1.165, 1.54) is 29.5 Å². The van der Waals surface area contributed by atoms with Gasteiger partial charge >= 0.3 is 0 Å². The summed E-state index contributed by atoms with van der Waals surface area (Å²) in [5.74, 6) is 0. The molecule has 0 bridgehead atoms. The summed E-state index contributed by atoms with van der Waals surface area (Å²) in [6.07, 6.45) is 5.81. The number of thiocarbonyl (C=S) groups is 1. The van der Waals surface area contributed by atoms with Gasteiger partial charge in [-0.2, -0.15) is 0 Å². The Labute approximate surface area is 150 Å². The van der Waals surface area contributed by atoms with Crippen LogP contribution in [0.4, 0.5) is 5.69 Å². The van der Waals surface area contributed by atoms with Crippen molar-refractivity contribution in [1.82, 2.24) is 5.32 Å². The van der Waals surface area contributed by atoms with Crippen molar-refractivity contribution in [2.24, 2.45) is 0 Å². The molecule has 1 fully saturated rings. The molecule has 0 spiro atoms. The number of anilines is 1. The van der Waals surface area contributed by atoms with Gasteiger partial charge in [0.1, 0.15) is 0 Å². The molecular formula is C21H26N2S. The summed E-state index contributed by atoms with van der Waals surface area (Å²) in [5.41, 5.74) is 5.01. The zero-order valence-corrected chi connectivity index (χ0v) is 15.4. The molecule has 0 aliphatic heterocycles. The molecule has 0 radical (unpaired) electrons. The van der Waals surface area contributed by atoms with Crippen LogP contribution < -0.4 is 10.6 Å². The van der Waals surface area contributed by atoms with Crippen molar-refractivity contribution in [1.29, 1.82) is 0 Å². The van der Waals surface area contributed by atoms with Gasteiger partial charge in [-0.1, -0.05) is 61.7 Å². The SMILES string of the molecule is CCc1ccc(NC(=S)NC2(c3cccc(C)c3)CCCC2)cc1. The highest BCUT2D eigenvalue weighted by Crippen LogP contribution is 2.39. The molecule has 0 amide bonds. The van der Waals surface area contributed by atoms with Crippen molar-refractivity contribution in [3.8, 4) is 0 Å². The van der Waals surface area contributed by atoms with Gasteiger partial charge in [0.2, 0.25) is 0 Å². The molecular weight excluding hydrogens is 312 g/mol. The second kappa shape index (κ2) is 7.35. The molecule has 1 aliphatic rings. The molecule has 0 atom stereocenters. The van der Waals surface area contributed by atoms with Gasteiger partial charge in [-0.3, -0.25) is 0 Å². The minimum atomic E-state index is -0.0283. The van der Waals surface area contributed by atoms with Crippen LogP contribution in [0, 0.1) is 6.92 Å². The first kappa shape index (κ1) is 17.0. The van der Waals surface area contributed by atoms with E-state index < -0.39 is 0 Å². The van der Waals surface area contributed by atoms with Crippen LogP contribution in [-0.2, 0) is 12.0 Å². The first-order chi connectivity index (χ1) is 11.6. The van der Waals surface area contributed by atoms with Crippen LogP contribution in [-0.4, -0.2) is 5.11 Å². The fraction of sp³-hybridized carbons (Fsp3) is 0.381. The number of rotatable bonds is 4. The monoisotopic (exact) mass is 338 g/mol. The van der Waals surface area contributed by atoms with Crippen molar-refractivity contribution in [3.63, 3.8) is 0 Å². The summed E-state index contributed by atoms with van der Waals surface area (Å²) in [7, 11) is 0. The number of nitrogens with one attached hydrogen (secondary N) is 2. The number of hydrogen-bond acceptors (Lipinski definition) is 1. The lowest BCUT2D eigenvalue weighted by Gasteiger charge is -2.33. The molecule has 126 valence electrons. The first-order valence-electron chi connectivity index (χ1n) is 8.86. The van der Waals surface area contributed by atoms with Crippen LogP contribution in [0.2, 0.25) is 0 Å². The Morgan fingerprint density at radius 2 is 1.79 bits per heavy atom. The minimum Gasteiger partial charge on any atom is -0.353 e. The third kappa shape index (κ3) is 3.78. The third-order valence-electron chi connectivity index (χ3n) is 5.00. The van der Waals surface area contributed by atoms with Crippen LogP contribution >= 0.6 is 12.2 Å². The minimum absolute atomic E-state index is 0.0283. The van der Waals surface area contributed by atoms with Crippen molar-refractivity contribution in [3.05, 3.63) is 65.2 Å². The highest BCUT2D eigenvalue weighted by atomic mass is 32.1. The molecule has 3 heteroatoms. The van der Waals surface area contributed by atoms with E-state index in [1.807, 2.05) is 0 Å². The van der Waals surface area contributed by atoms with Crippen molar-refractivity contribution in [2.45, 2.75) is 51.5 Å². The molecule has 2 N–H and O–H groups in total. The molecule has 24 heavy (non-hydrogen) atoms. The van der Waals surface area contributed by atoms with Gasteiger partial charge in [0.15, 0.2) is 5.11 Å². The van der Waals surface area contributed by atoms with Crippen molar-refractivity contribution >= 4 is 23.0 Å². The fourth-order valence-electron chi connectivity index (χ4n) is 3.61. The van der Waals surface area contributed by atoms with E-state index in [9.17, 15) is 0 Å². The number of hydrogen-bond donors (Lipinski definition) is 2. The Hall–Kier alpha value is -1.87. The van der Waals surface area contributed by atoms with E-state index in [0.29, 0.717) is 5.11 Å². The van der Waals surface area contributed by atoms with Crippen LogP contribution in [0.15, 0.2) is 48.5 Å². The van der Waals surface area contributed by atoms with Gasteiger partial charge in [0, 0.05) is 5.69 Å². The topological polar surface area (TPSA) is 24.1 Å². The van der Waals surface area contributed by atoms with Gasteiger partial charge in [0.05, 0.1) is 5.54 Å². The van der Waals surface area contributed by atoms with Gasteiger partial charge in [-0.05, 0) is 61.7 Å². The van der Waals surface area contributed by atoms with E-state index in [2.05, 4.69) is 73.0 Å². The van der Waals surface area contributed by atoms with Gasteiger partial charge in [-0.15, -0.1) is 0 Å². The molecule has 0 unspecified atom stereocenters. The summed E-state index contributed by atoms with van der Waals surface area (Å²) in [6.45, 7) is 4.32. The normalized spacial score (nSPS) is 15.9. The maximum Gasteiger partial charge on any atom is 0.171 e. The Kier molecular flexibility index (Phi) is 5.20. The van der Waals surface area contributed by atoms with Gasteiger partial charge in [0.25, 0.3) is 0 Å². The van der Waals surface area contributed by atoms with E-state index >= 15 is 0 Å². The summed E-state index contributed by atoms with van der Waals surface area (Å²) < 4.78 is 0. The highest BCUT2D eigenvalue weighted by molar-refractivity contribution is 7.80. The van der Waals surface area contributed by atoms with Crippen molar-refractivity contribution < 1.29 is 0 Å². The van der Waals surface area contributed by atoms with Crippen molar-refractivity contribution in [2.75, 3.05) is 5.32 Å². The summed E-state index contributed by atoms with van der Waals surface area (Å²) >= 11 is 5.62. The predicted octanol–water partition coefficient (Wildman–Crippen LogP) is 5.31. The lowest BCUT2D eigenvalue weighted by atomic mass is 9.87.